The Labute approximate surface area is 89.8 Å². The van der Waals surface area contributed by atoms with Crippen LogP contribution >= 0.6 is 0 Å². The monoisotopic (exact) mass is 215 g/mol. The van der Waals surface area contributed by atoms with Gasteiger partial charge < -0.3 is 0 Å². The van der Waals surface area contributed by atoms with Crippen LogP contribution in [-0.2, 0) is 0 Å². The zero-order valence-electron chi connectivity index (χ0n) is 7.94. The number of nitriles is 1. The molecule has 2 aromatic rings. The fraction of sp³-hybridized carbons (Fsp3) is 0. The van der Waals surface area contributed by atoms with Crippen LogP contribution in [0.2, 0.25) is 0 Å². The summed E-state index contributed by atoms with van der Waals surface area (Å²) < 4.78 is 1.38. The maximum atomic E-state index is 10.6. The minimum absolute atomic E-state index is 0.0809. The molecule has 16 heavy (non-hydrogen) atoms. The third kappa shape index (κ3) is 1.59. The third-order valence-corrected chi connectivity index (χ3v) is 1.93. The van der Waals surface area contributed by atoms with Crippen molar-refractivity contribution >= 4 is 5.69 Å². The molecular weight excluding hydrogens is 210 g/mol. The van der Waals surface area contributed by atoms with E-state index < -0.39 is 4.92 Å². The lowest BCUT2D eigenvalue weighted by Gasteiger charge is -2.01. The second-order valence-electron chi connectivity index (χ2n) is 2.86. The van der Waals surface area contributed by atoms with Crippen LogP contribution in [-0.4, -0.2) is 19.5 Å². The van der Waals surface area contributed by atoms with Crippen LogP contribution in [0.25, 0.3) is 5.82 Å². The third-order valence-electron chi connectivity index (χ3n) is 1.93. The molecule has 0 aliphatic rings. The van der Waals surface area contributed by atoms with Crippen LogP contribution in [0.3, 0.4) is 0 Å². The van der Waals surface area contributed by atoms with E-state index in [4.69, 9.17) is 5.26 Å². The fourth-order valence-corrected chi connectivity index (χ4v) is 1.22. The number of imidazole rings is 1. The van der Waals surface area contributed by atoms with Crippen LogP contribution < -0.4 is 0 Å². The summed E-state index contributed by atoms with van der Waals surface area (Å²) in [5.74, 6) is 0.427. The van der Waals surface area contributed by atoms with Gasteiger partial charge in [0.05, 0.1) is 11.0 Å². The van der Waals surface area contributed by atoms with Gasteiger partial charge in [-0.3, -0.25) is 14.7 Å². The van der Waals surface area contributed by atoms with Crippen LogP contribution in [0.15, 0.2) is 30.7 Å². The first kappa shape index (κ1) is 9.79. The van der Waals surface area contributed by atoms with E-state index in [1.807, 2.05) is 6.07 Å². The van der Waals surface area contributed by atoms with Gasteiger partial charge in [-0.15, -0.1) is 0 Å². The van der Waals surface area contributed by atoms with Crippen molar-refractivity contribution in [3.8, 4) is 11.9 Å². The summed E-state index contributed by atoms with van der Waals surface area (Å²) in [5, 5.41) is 19.3. The summed E-state index contributed by atoms with van der Waals surface area (Å²) in [6, 6.07) is 4.43. The van der Waals surface area contributed by atoms with Gasteiger partial charge in [-0.2, -0.15) is 5.26 Å². The van der Waals surface area contributed by atoms with Gasteiger partial charge in [0.2, 0.25) is 5.82 Å². The molecule has 7 heteroatoms. The summed E-state index contributed by atoms with van der Waals surface area (Å²) in [4.78, 5) is 17.8. The van der Waals surface area contributed by atoms with Crippen LogP contribution in [0.4, 0.5) is 5.69 Å². The Morgan fingerprint density at radius 1 is 1.44 bits per heavy atom. The number of nitrogens with zero attached hydrogens (tertiary/aromatic N) is 5. The summed E-state index contributed by atoms with van der Waals surface area (Å²) >= 11 is 0. The molecule has 0 bridgehead atoms. The molecule has 2 rings (SSSR count). The van der Waals surface area contributed by atoms with E-state index in [1.165, 1.54) is 35.3 Å². The highest BCUT2D eigenvalue weighted by atomic mass is 16.6. The normalized spacial score (nSPS) is 9.69. The van der Waals surface area contributed by atoms with Gasteiger partial charge in [0, 0.05) is 24.7 Å². The van der Waals surface area contributed by atoms with E-state index >= 15 is 0 Å². The Kier molecular flexibility index (Phi) is 2.31. The molecule has 0 aliphatic carbocycles. The Balaban J connectivity index is 2.53. The Morgan fingerprint density at radius 3 is 2.94 bits per heavy atom. The standard InChI is InChI=1S/C9H5N5O2/c10-6-9-12-3-4-13(9)8-5-7(14(15)16)1-2-11-8/h1-5H. The first-order chi connectivity index (χ1) is 7.72. The Hall–Kier alpha value is -2.75. The molecule has 0 saturated heterocycles. The van der Waals surface area contributed by atoms with Crippen molar-refractivity contribution in [3.05, 3.63) is 46.7 Å². The highest BCUT2D eigenvalue weighted by molar-refractivity contribution is 5.39. The number of hydrogen-bond donors (Lipinski definition) is 0. The lowest BCUT2D eigenvalue weighted by molar-refractivity contribution is -0.384. The number of pyridine rings is 1. The first-order valence-electron chi connectivity index (χ1n) is 4.26. The van der Waals surface area contributed by atoms with Crippen molar-refractivity contribution in [2.24, 2.45) is 0 Å². The number of aromatic nitrogens is 3. The second kappa shape index (κ2) is 3.78. The average molecular weight is 215 g/mol. The largest absolute Gasteiger partial charge is 0.275 e. The molecule has 78 valence electrons. The molecule has 0 fully saturated rings. The van der Waals surface area contributed by atoms with Crippen LogP contribution in [0.1, 0.15) is 5.82 Å². The van der Waals surface area contributed by atoms with Gasteiger partial charge in [0.1, 0.15) is 11.9 Å². The van der Waals surface area contributed by atoms with Crippen molar-refractivity contribution in [1.82, 2.24) is 14.5 Å². The summed E-state index contributed by atoms with van der Waals surface area (Å²) in [7, 11) is 0. The van der Waals surface area contributed by atoms with Crippen molar-refractivity contribution in [1.29, 1.82) is 5.26 Å². The van der Waals surface area contributed by atoms with Gasteiger partial charge in [0.15, 0.2) is 0 Å². The first-order valence-corrected chi connectivity index (χ1v) is 4.26. The molecule has 0 aromatic carbocycles. The van der Waals surface area contributed by atoms with Crippen molar-refractivity contribution < 1.29 is 4.92 Å². The molecular formula is C9H5N5O2. The molecule has 2 aromatic heterocycles. The molecule has 7 nitrogen and oxygen atoms in total. The van der Waals surface area contributed by atoms with Gasteiger partial charge in [-0.25, -0.2) is 9.97 Å². The Morgan fingerprint density at radius 2 is 2.25 bits per heavy atom. The van der Waals surface area contributed by atoms with Crippen molar-refractivity contribution in [2.75, 3.05) is 0 Å². The van der Waals surface area contributed by atoms with Crippen LogP contribution in [0, 0.1) is 21.4 Å². The molecule has 0 N–H and O–H groups in total. The molecule has 0 aliphatic heterocycles. The molecule has 0 spiro atoms. The van der Waals surface area contributed by atoms with Crippen molar-refractivity contribution in [3.63, 3.8) is 0 Å². The van der Waals surface area contributed by atoms with Crippen LogP contribution in [0.5, 0.6) is 0 Å². The number of rotatable bonds is 2. The second-order valence-corrected chi connectivity index (χ2v) is 2.86. The minimum atomic E-state index is -0.520. The molecule has 0 radical (unpaired) electrons. The predicted octanol–water partition coefficient (Wildman–Crippen LogP) is 1.05. The highest BCUT2D eigenvalue weighted by Crippen LogP contribution is 2.14. The lowest BCUT2D eigenvalue weighted by Crippen LogP contribution is -2.00. The fourth-order valence-electron chi connectivity index (χ4n) is 1.22. The summed E-state index contributed by atoms with van der Waals surface area (Å²) in [6.07, 6.45) is 4.26. The van der Waals surface area contributed by atoms with Gasteiger partial charge >= 0.3 is 0 Å². The van der Waals surface area contributed by atoms with E-state index in [0.29, 0.717) is 5.82 Å². The predicted molar refractivity (Wildman–Crippen MR) is 52.7 cm³/mol. The maximum absolute atomic E-state index is 10.6. The van der Waals surface area contributed by atoms with Gasteiger partial charge in [-0.05, 0) is 0 Å². The van der Waals surface area contributed by atoms with Crippen molar-refractivity contribution in [2.45, 2.75) is 0 Å². The molecule has 0 unspecified atom stereocenters. The zero-order chi connectivity index (χ0) is 11.5. The quantitative estimate of drug-likeness (QED) is 0.550. The van der Waals surface area contributed by atoms with Gasteiger partial charge in [-0.1, -0.05) is 0 Å². The Bertz CT molecular complexity index is 584. The lowest BCUT2D eigenvalue weighted by atomic mass is 10.4. The van der Waals surface area contributed by atoms with E-state index in [0.717, 1.165) is 0 Å². The average Bonchev–Trinajstić information content (AvgIpc) is 2.77. The number of nitro groups is 1. The van der Waals surface area contributed by atoms with Gasteiger partial charge in [0.25, 0.3) is 5.69 Å². The summed E-state index contributed by atoms with van der Waals surface area (Å²) in [5.41, 5.74) is -0.0809. The van der Waals surface area contributed by atoms with E-state index in [1.54, 1.807) is 0 Å². The minimum Gasteiger partial charge on any atom is -0.275 e. The highest BCUT2D eigenvalue weighted by Gasteiger charge is 2.10. The van der Waals surface area contributed by atoms with E-state index in [2.05, 4.69) is 9.97 Å². The smallest absolute Gasteiger partial charge is 0.274 e. The SMILES string of the molecule is N#Cc1nccn1-c1cc([N+](=O)[O-])ccn1. The van der Waals surface area contributed by atoms with E-state index in [9.17, 15) is 10.1 Å². The maximum Gasteiger partial charge on any atom is 0.274 e. The molecule has 0 atom stereocenters. The van der Waals surface area contributed by atoms with E-state index in [-0.39, 0.29) is 11.5 Å². The topological polar surface area (TPSA) is 97.6 Å². The number of hydrogen-bond acceptors (Lipinski definition) is 5. The summed E-state index contributed by atoms with van der Waals surface area (Å²) in [6.45, 7) is 0. The molecule has 0 saturated carbocycles. The zero-order valence-corrected chi connectivity index (χ0v) is 7.94. The molecule has 2 heterocycles. The molecule has 0 amide bonds.